The standard InChI is InChI=1S/C22H28O5/c1-22(2,3)17-6-10-20(11-7-17)27-15-18(23)14-26-19-8-4-16(5-9-19)21-24-12-13-25-21/h4-11,18,21,23H,12-15H2,1-3H3. The van der Waals surface area contributed by atoms with E-state index in [0.29, 0.717) is 19.0 Å². The molecule has 5 heteroatoms. The van der Waals surface area contributed by atoms with Crippen LogP contribution in [-0.4, -0.2) is 37.6 Å². The molecule has 1 unspecified atom stereocenters. The van der Waals surface area contributed by atoms with Gasteiger partial charge in [-0.3, -0.25) is 0 Å². The van der Waals surface area contributed by atoms with Crippen molar-refractivity contribution in [1.82, 2.24) is 0 Å². The molecule has 0 aromatic heterocycles. The van der Waals surface area contributed by atoms with Crippen molar-refractivity contribution in [3.63, 3.8) is 0 Å². The number of rotatable bonds is 7. The molecule has 3 rings (SSSR count). The molecule has 0 saturated carbocycles. The molecular formula is C22H28O5. The summed E-state index contributed by atoms with van der Waals surface area (Å²) in [7, 11) is 0. The third-order valence-electron chi connectivity index (χ3n) is 4.38. The lowest BCUT2D eigenvalue weighted by molar-refractivity contribution is -0.0441. The highest BCUT2D eigenvalue weighted by Crippen LogP contribution is 2.26. The second-order valence-corrected chi connectivity index (χ2v) is 7.69. The molecule has 0 radical (unpaired) electrons. The molecule has 1 aliphatic rings. The van der Waals surface area contributed by atoms with Crippen LogP contribution in [0.3, 0.4) is 0 Å². The second-order valence-electron chi connectivity index (χ2n) is 7.69. The molecule has 1 atom stereocenters. The molecule has 0 amide bonds. The van der Waals surface area contributed by atoms with E-state index in [-0.39, 0.29) is 24.9 Å². The zero-order valence-electron chi connectivity index (χ0n) is 16.2. The Balaban J connectivity index is 1.42. The number of hydrogen-bond donors (Lipinski definition) is 1. The van der Waals surface area contributed by atoms with Gasteiger partial charge in [-0.2, -0.15) is 0 Å². The number of aliphatic hydroxyl groups excluding tert-OH is 1. The Bertz CT molecular complexity index is 697. The van der Waals surface area contributed by atoms with E-state index in [0.717, 1.165) is 11.3 Å². The van der Waals surface area contributed by atoms with Gasteiger partial charge in [-0.25, -0.2) is 0 Å². The van der Waals surface area contributed by atoms with E-state index in [1.54, 1.807) is 0 Å². The molecule has 1 fully saturated rings. The van der Waals surface area contributed by atoms with Crippen LogP contribution in [0.1, 0.15) is 38.2 Å². The van der Waals surface area contributed by atoms with Crippen LogP contribution in [0, 0.1) is 0 Å². The maximum atomic E-state index is 10.1. The van der Waals surface area contributed by atoms with E-state index < -0.39 is 6.10 Å². The third-order valence-corrected chi connectivity index (χ3v) is 4.38. The fraction of sp³-hybridized carbons (Fsp3) is 0.455. The average molecular weight is 372 g/mol. The smallest absolute Gasteiger partial charge is 0.184 e. The van der Waals surface area contributed by atoms with E-state index in [4.69, 9.17) is 18.9 Å². The molecule has 27 heavy (non-hydrogen) atoms. The van der Waals surface area contributed by atoms with Crippen LogP contribution in [0.4, 0.5) is 0 Å². The molecule has 1 heterocycles. The maximum absolute atomic E-state index is 10.1. The molecule has 0 aliphatic carbocycles. The summed E-state index contributed by atoms with van der Waals surface area (Å²) >= 11 is 0. The molecule has 1 aliphatic heterocycles. The predicted molar refractivity (Wildman–Crippen MR) is 103 cm³/mol. The summed E-state index contributed by atoms with van der Waals surface area (Å²) in [5.41, 5.74) is 2.32. The summed E-state index contributed by atoms with van der Waals surface area (Å²) in [6, 6.07) is 15.5. The van der Waals surface area contributed by atoms with E-state index in [2.05, 4.69) is 32.9 Å². The fourth-order valence-electron chi connectivity index (χ4n) is 2.76. The van der Waals surface area contributed by atoms with E-state index in [1.807, 2.05) is 36.4 Å². The number of aliphatic hydroxyl groups is 1. The van der Waals surface area contributed by atoms with Gasteiger partial charge in [-0.05, 0) is 35.2 Å². The quantitative estimate of drug-likeness (QED) is 0.800. The van der Waals surface area contributed by atoms with Crippen LogP contribution in [0.5, 0.6) is 11.5 Å². The Morgan fingerprint density at radius 3 is 1.85 bits per heavy atom. The molecule has 5 nitrogen and oxygen atoms in total. The van der Waals surface area contributed by atoms with Gasteiger partial charge < -0.3 is 24.1 Å². The van der Waals surface area contributed by atoms with Crippen molar-refractivity contribution in [1.29, 1.82) is 0 Å². The van der Waals surface area contributed by atoms with Gasteiger partial charge in [-0.1, -0.05) is 45.0 Å². The Morgan fingerprint density at radius 2 is 1.37 bits per heavy atom. The van der Waals surface area contributed by atoms with Crippen LogP contribution in [0.15, 0.2) is 48.5 Å². The fourth-order valence-corrected chi connectivity index (χ4v) is 2.76. The summed E-state index contributed by atoms with van der Waals surface area (Å²) in [6.45, 7) is 8.09. The molecule has 0 bridgehead atoms. The SMILES string of the molecule is CC(C)(C)c1ccc(OCC(O)COc2ccc(C3OCCO3)cc2)cc1. The van der Waals surface area contributed by atoms with Crippen molar-refractivity contribution in [2.45, 2.75) is 38.6 Å². The van der Waals surface area contributed by atoms with Gasteiger partial charge in [0.25, 0.3) is 0 Å². The molecule has 1 saturated heterocycles. The van der Waals surface area contributed by atoms with Gasteiger partial charge in [0, 0.05) is 5.56 Å². The van der Waals surface area contributed by atoms with Gasteiger partial charge in [0.15, 0.2) is 6.29 Å². The van der Waals surface area contributed by atoms with Gasteiger partial charge in [0.2, 0.25) is 0 Å². The lowest BCUT2D eigenvalue weighted by atomic mass is 9.87. The van der Waals surface area contributed by atoms with Crippen molar-refractivity contribution >= 4 is 0 Å². The minimum atomic E-state index is -0.714. The Morgan fingerprint density at radius 1 is 0.889 bits per heavy atom. The monoisotopic (exact) mass is 372 g/mol. The van der Waals surface area contributed by atoms with Crippen LogP contribution < -0.4 is 9.47 Å². The Hall–Kier alpha value is -2.08. The highest BCUT2D eigenvalue weighted by molar-refractivity contribution is 5.31. The Kier molecular flexibility index (Phi) is 6.37. The number of ether oxygens (including phenoxy) is 4. The summed E-state index contributed by atoms with van der Waals surface area (Å²) in [4.78, 5) is 0. The normalized spacial score (nSPS) is 16.3. The summed E-state index contributed by atoms with van der Waals surface area (Å²) in [5.74, 6) is 1.42. The lowest BCUT2D eigenvalue weighted by Crippen LogP contribution is -2.25. The number of benzene rings is 2. The molecule has 1 N–H and O–H groups in total. The van der Waals surface area contributed by atoms with Gasteiger partial charge in [0.1, 0.15) is 30.8 Å². The lowest BCUT2D eigenvalue weighted by Gasteiger charge is -2.19. The van der Waals surface area contributed by atoms with Gasteiger partial charge in [-0.15, -0.1) is 0 Å². The van der Waals surface area contributed by atoms with Crippen LogP contribution in [0.2, 0.25) is 0 Å². The minimum absolute atomic E-state index is 0.109. The van der Waals surface area contributed by atoms with E-state index in [9.17, 15) is 5.11 Å². The van der Waals surface area contributed by atoms with E-state index in [1.165, 1.54) is 5.56 Å². The van der Waals surface area contributed by atoms with Crippen molar-refractivity contribution in [2.24, 2.45) is 0 Å². The highest BCUT2D eigenvalue weighted by Gasteiger charge is 2.18. The van der Waals surface area contributed by atoms with E-state index >= 15 is 0 Å². The van der Waals surface area contributed by atoms with Crippen LogP contribution >= 0.6 is 0 Å². The maximum Gasteiger partial charge on any atom is 0.184 e. The summed E-state index contributed by atoms with van der Waals surface area (Å²) in [6.07, 6.45) is -1.00. The molecule has 2 aromatic rings. The predicted octanol–water partition coefficient (Wildman–Crippen LogP) is 3.85. The van der Waals surface area contributed by atoms with Crippen molar-refractivity contribution in [3.05, 3.63) is 59.7 Å². The third kappa shape index (κ3) is 5.70. The summed E-state index contributed by atoms with van der Waals surface area (Å²) in [5, 5.41) is 10.1. The average Bonchev–Trinajstić information content (AvgIpc) is 3.19. The minimum Gasteiger partial charge on any atom is -0.491 e. The first-order valence-electron chi connectivity index (χ1n) is 9.29. The largest absolute Gasteiger partial charge is 0.491 e. The van der Waals surface area contributed by atoms with Gasteiger partial charge >= 0.3 is 0 Å². The topological polar surface area (TPSA) is 57.2 Å². The first-order chi connectivity index (χ1) is 12.9. The first kappa shape index (κ1) is 19.7. The zero-order chi connectivity index (χ0) is 19.3. The van der Waals surface area contributed by atoms with Crippen molar-refractivity contribution in [2.75, 3.05) is 26.4 Å². The summed E-state index contributed by atoms with van der Waals surface area (Å²) < 4.78 is 22.2. The first-order valence-corrected chi connectivity index (χ1v) is 9.29. The zero-order valence-corrected chi connectivity index (χ0v) is 16.2. The number of hydrogen-bond acceptors (Lipinski definition) is 5. The second kappa shape index (κ2) is 8.74. The van der Waals surface area contributed by atoms with Gasteiger partial charge in [0.05, 0.1) is 13.2 Å². The highest BCUT2D eigenvalue weighted by atomic mass is 16.7. The van der Waals surface area contributed by atoms with Crippen LogP contribution in [0.25, 0.3) is 0 Å². The van der Waals surface area contributed by atoms with Crippen molar-refractivity contribution < 1.29 is 24.1 Å². The molecule has 146 valence electrons. The molecule has 2 aromatic carbocycles. The molecular weight excluding hydrogens is 344 g/mol. The Labute approximate surface area is 160 Å². The van der Waals surface area contributed by atoms with Crippen molar-refractivity contribution in [3.8, 4) is 11.5 Å². The van der Waals surface area contributed by atoms with Crippen LogP contribution in [-0.2, 0) is 14.9 Å². The molecule has 0 spiro atoms.